The number of aromatic carboxylic acids is 1. The minimum absolute atomic E-state index is 0.282. The normalized spacial score (nSPS) is 10.4. The monoisotopic (exact) mass is 331 g/mol. The first-order valence-corrected chi connectivity index (χ1v) is 8.35. The van der Waals surface area contributed by atoms with Crippen molar-refractivity contribution in [2.45, 2.75) is 19.8 Å². The number of rotatable bonds is 6. The SMILES string of the molecule is Cc1cccc(Nc2cc(CCc3ccccc3)ccc2C(=O)O)c1. The van der Waals surface area contributed by atoms with Gasteiger partial charge >= 0.3 is 5.97 Å². The lowest BCUT2D eigenvalue weighted by Gasteiger charge is -2.12. The molecule has 0 saturated heterocycles. The molecule has 3 heteroatoms. The van der Waals surface area contributed by atoms with Crippen LogP contribution in [0.15, 0.2) is 72.8 Å². The minimum atomic E-state index is -0.926. The first-order valence-electron chi connectivity index (χ1n) is 8.35. The van der Waals surface area contributed by atoms with E-state index in [4.69, 9.17) is 0 Å². The van der Waals surface area contributed by atoms with E-state index in [1.54, 1.807) is 6.07 Å². The Bertz CT molecular complexity index is 872. The molecule has 0 radical (unpaired) electrons. The standard InChI is InChI=1S/C22H21NO2/c1-16-6-5-9-19(14-16)23-21-15-18(12-13-20(21)22(24)25)11-10-17-7-3-2-4-8-17/h2-9,12-15,23H,10-11H2,1H3,(H,24,25). The van der Waals surface area contributed by atoms with Crippen molar-refractivity contribution >= 4 is 17.3 Å². The Morgan fingerprint density at radius 1 is 0.880 bits per heavy atom. The molecule has 0 spiro atoms. The molecular formula is C22H21NO2. The maximum atomic E-state index is 11.5. The summed E-state index contributed by atoms with van der Waals surface area (Å²) in [5.41, 5.74) is 5.32. The molecule has 0 aromatic heterocycles. The fraction of sp³-hybridized carbons (Fsp3) is 0.136. The van der Waals surface area contributed by atoms with Gasteiger partial charge in [0.25, 0.3) is 0 Å². The Morgan fingerprint density at radius 3 is 2.36 bits per heavy atom. The highest BCUT2D eigenvalue weighted by molar-refractivity contribution is 5.95. The van der Waals surface area contributed by atoms with Crippen molar-refractivity contribution in [3.63, 3.8) is 0 Å². The van der Waals surface area contributed by atoms with Gasteiger partial charge in [-0.05, 0) is 60.7 Å². The molecular weight excluding hydrogens is 310 g/mol. The van der Waals surface area contributed by atoms with E-state index in [0.29, 0.717) is 5.69 Å². The van der Waals surface area contributed by atoms with Crippen molar-refractivity contribution in [2.75, 3.05) is 5.32 Å². The molecule has 0 saturated carbocycles. The fourth-order valence-electron chi connectivity index (χ4n) is 2.85. The summed E-state index contributed by atoms with van der Waals surface area (Å²) < 4.78 is 0. The second-order valence-electron chi connectivity index (χ2n) is 6.17. The van der Waals surface area contributed by atoms with Crippen LogP contribution in [0.4, 0.5) is 11.4 Å². The van der Waals surface area contributed by atoms with Crippen LogP contribution in [0.5, 0.6) is 0 Å². The summed E-state index contributed by atoms with van der Waals surface area (Å²) in [4.78, 5) is 11.5. The highest BCUT2D eigenvalue weighted by Gasteiger charge is 2.11. The molecule has 0 heterocycles. The molecule has 25 heavy (non-hydrogen) atoms. The van der Waals surface area contributed by atoms with Gasteiger partial charge in [-0.2, -0.15) is 0 Å². The van der Waals surface area contributed by atoms with Gasteiger partial charge in [-0.1, -0.05) is 48.5 Å². The van der Waals surface area contributed by atoms with Crippen LogP contribution in [0.2, 0.25) is 0 Å². The molecule has 0 aliphatic rings. The van der Waals surface area contributed by atoms with Crippen LogP contribution in [0, 0.1) is 6.92 Å². The fourth-order valence-corrected chi connectivity index (χ4v) is 2.85. The second kappa shape index (κ2) is 7.67. The van der Waals surface area contributed by atoms with Crippen LogP contribution >= 0.6 is 0 Å². The molecule has 0 unspecified atom stereocenters. The van der Waals surface area contributed by atoms with Crippen molar-refractivity contribution < 1.29 is 9.90 Å². The van der Waals surface area contributed by atoms with Crippen molar-refractivity contribution in [1.82, 2.24) is 0 Å². The third kappa shape index (κ3) is 4.48. The number of benzene rings is 3. The van der Waals surface area contributed by atoms with E-state index in [2.05, 4.69) is 17.4 Å². The average molecular weight is 331 g/mol. The first kappa shape index (κ1) is 16.8. The minimum Gasteiger partial charge on any atom is -0.478 e. The zero-order chi connectivity index (χ0) is 17.6. The van der Waals surface area contributed by atoms with Gasteiger partial charge in [-0.15, -0.1) is 0 Å². The maximum absolute atomic E-state index is 11.5. The van der Waals surface area contributed by atoms with Crippen LogP contribution in [0.25, 0.3) is 0 Å². The first-order chi connectivity index (χ1) is 12.1. The number of nitrogens with one attached hydrogen (secondary N) is 1. The zero-order valence-corrected chi connectivity index (χ0v) is 14.2. The summed E-state index contributed by atoms with van der Waals surface area (Å²) in [5.74, 6) is -0.926. The molecule has 0 amide bonds. The second-order valence-corrected chi connectivity index (χ2v) is 6.17. The van der Waals surface area contributed by atoms with Gasteiger partial charge in [0, 0.05) is 5.69 Å². The van der Waals surface area contributed by atoms with Gasteiger partial charge in [0.1, 0.15) is 0 Å². The van der Waals surface area contributed by atoms with E-state index < -0.39 is 5.97 Å². The number of carboxylic acids is 1. The van der Waals surface area contributed by atoms with Gasteiger partial charge in [-0.25, -0.2) is 4.79 Å². The van der Waals surface area contributed by atoms with E-state index in [1.165, 1.54) is 5.56 Å². The predicted molar refractivity (Wildman–Crippen MR) is 102 cm³/mol. The van der Waals surface area contributed by atoms with Gasteiger partial charge in [0.15, 0.2) is 0 Å². The Hall–Kier alpha value is -3.07. The molecule has 3 nitrogen and oxygen atoms in total. The molecule has 0 aliphatic carbocycles. The van der Waals surface area contributed by atoms with E-state index >= 15 is 0 Å². The van der Waals surface area contributed by atoms with Crippen LogP contribution in [0.3, 0.4) is 0 Å². The summed E-state index contributed by atoms with van der Waals surface area (Å²) in [6, 6.07) is 23.7. The largest absolute Gasteiger partial charge is 0.478 e. The summed E-state index contributed by atoms with van der Waals surface area (Å²) in [5, 5.41) is 12.7. The number of aryl methyl sites for hydroxylation is 3. The molecule has 2 N–H and O–H groups in total. The van der Waals surface area contributed by atoms with Crippen LogP contribution < -0.4 is 5.32 Å². The molecule has 126 valence electrons. The van der Waals surface area contributed by atoms with Gasteiger partial charge in [0.05, 0.1) is 11.3 Å². The lowest BCUT2D eigenvalue weighted by Crippen LogP contribution is -2.04. The Labute approximate surface area is 148 Å². The highest BCUT2D eigenvalue weighted by Crippen LogP contribution is 2.24. The van der Waals surface area contributed by atoms with Crippen molar-refractivity contribution in [3.8, 4) is 0 Å². The van der Waals surface area contributed by atoms with Crippen molar-refractivity contribution in [2.24, 2.45) is 0 Å². The van der Waals surface area contributed by atoms with Crippen LogP contribution in [0.1, 0.15) is 27.0 Å². The topological polar surface area (TPSA) is 49.3 Å². The van der Waals surface area contributed by atoms with Gasteiger partial charge in [0.2, 0.25) is 0 Å². The van der Waals surface area contributed by atoms with E-state index in [-0.39, 0.29) is 5.56 Å². The number of anilines is 2. The molecule has 0 bridgehead atoms. The maximum Gasteiger partial charge on any atom is 0.337 e. The lowest BCUT2D eigenvalue weighted by atomic mass is 10.0. The third-order valence-electron chi connectivity index (χ3n) is 4.16. The molecule has 3 rings (SSSR count). The number of carbonyl (C=O) groups is 1. The molecule has 0 aliphatic heterocycles. The van der Waals surface area contributed by atoms with E-state index in [9.17, 15) is 9.90 Å². The van der Waals surface area contributed by atoms with E-state index in [1.807, 2.05) is 61.5 Å². The predicted octanol–water partition coefficient (Wildman–Crippen LogP) is 5.22. The van der Waals surface area contributed by atoms with Crippen molar-refractivity contribution in [3.05, 3.63) is 95.1 Å². The average Bonchev–Trinajstić information content (AvgIpc) is 2.61. The van der Waals surface area contributed by atoms with E-state index in [0.717, 1.165) is 29.7 Å². The molecule has 0 atom stereocenters. The quantitative estimate of drug-likeness (QED) is 0.651. The summed E-state index contributed by atoms with van der Waals surface area (Å²) in [7, 11) is 0. The number of carboxylic acid groups (broad SMARTS) is 1. The zero-order valence-electron chi connectivity index (χ0n) is 14.2. The summed E-state index contributed by atoms with van der Waals surface area (Å²) >= 11 is 0. The molecule has 3 aromatic rings. The van der Waals surface area contributed by atoms with Gasteiger partial charge in [-0.3, -0.25) is 0 Å². The Morgan fingerprint density at radius 2 is 1.64 bits per heavy atom. The Kier molecular flexibility index (Phi) is 5.14. The van der Waals surface area contributed by atoms with Crippen LogP contribution in [-0.2, 0) is 12.8 Å². The molecule has 3 aromatic carbocycles. The van der Waals surface area contributed by atoms with Crippen LogP contribution in [-0.4, -0.2) is 11.1 Å². The summed E-state index contributed by atoms with van der Waals surface area (Å²) in [6.07, 6.45) is 1.80. The van der Waals surface area contributed by atoms with Crippen molar-refractivity contribution in [1.29, 1.82) is 0 Å². The lowest BCUT2D eigenvalue weighted by molar-refractivity contribution is 0.0698. The number of hydrogen-bond donors (Lipinski definition) is 2. The third-order valence-corrected chi connectivity index (χ3v) is 4.16. The van der Waals surface area contributed by atoms with Gasteiger partial charge < -0.3 is 10.4 Å². The summed E-state index contributed by atoms with van der Waals surface area (Å²) in [6.45, 7) is 2.01. The molecule has 0 fully saturated rings. The number of hydrogen-bond acceptors (Lipinski definition) is 2. The Balaban J connectivity index is 1.83. The highest BCUT2D eigenvalue weighted by atomic mass is 16.4. The smallest absolute Gasteiger partial charge is 0.337 e.